The minimum atomic E-state index is -4.69. The van der Waals surface area contributed by atoms with E-state index in [-0.39, 0.29) is 17.1 Å². The molecule has 2 aliphatic heterocycles. The molecule has 0 saturated carbocycles. The summed E-state index contributed by atoms with van der Waals surface area (Å²) in [5, 5.41) is 8.99. The van der Waals surface area contributed by atoms with E-state index in [1.54, 1.807) is 0 Å². The van der Waals surface area contributed by atoms with Crippen LogP contribution >= 0.6 is 0 Å². The predicted octanol–water partition coefficient (Wildman–Crippen LogP) is 2.50. The van der Waals surface area contributed by atoms with Gasteiger partial charge in [-0.05, 0) is 36.7 Å². The topological polar surface area (TPSA) is 142 Å². The molecule has 0 bridgehead atoms. The van der Waals surface area contributed by atoms with E-state index >= 15 is 0 Å². The van der Waals surface area contributed by atoms with Gasteiger partial charge in [0.2, 0.25) is 0 Å². The van der Waals surface area contributed by atoms with Crippen LogP contribution in [0.3, 0.4) is 0 Å². The SMILES string of the molecule is C(=Nc1ccccc1)C1CCCC[N-]1.C(=Nc1ccccc1)C1CCCC[N-]1.[Cu+2].[O-][Cl+3]([O-])([O-])O. The summed E-state index contributed by atoms with van der Waals surface area (Å²) >= 11 is 0. The molecule has 2 aromatic rings. The molecule has 2 heterocycles. The Morgan fingerprint density at radius 2 is 1.06 bits per heavy atom. The van der Waals surface area contributed by atoms with Gasteiger partial charge in [0.1, 0.15) is 0 Å². The maximum absolute atomic E-state index is 8.60. The predicted molar refractivity (Wildman–Crippen MR) is 123 cm³/mol. The number of aliphatic imine (C=N–C) groups is 2. The first-order valence-electron chi connectivity index (χ1n) is 11.0. The maximum Gasteiger partial charge on any atom is 2.00 e. The Bertz CT molecular complexity index is 741. The van der Waals surface area contributed by atoms with Crippen LogP contribution in [0.2, 0.25) is 0 Å². The first kappa shape index (κ1) is 30.4. The van der Waals surface area contributed by atoms with Gasteiger partial charge in [-0.1, -0.05) is 87.0 Å². The zero-order chi connectivity index (χ0) is 23.8. The molecule has 1 N–H and O–H groups in total. The molecule has 2 aromatic carbocycles. The summed E-state index contributed by atoms with van der Waals surface area (Å²) in [5.74, 6) is 0. The molecule has 0 spiro atoms. The molecule has 10 heteroatoms. The number of rotatable bonds is 4. The van der Waals surface area contributed by atoms with Crippen molar-refractivity contribution in [1.29, 1.82) is 0 Å². The third-order valence-electron chi connectivity index (χ3n) is 4.85. The van der Waals surface area contributed by atoms with Gasteiger partial charge in [0, 0.05) is 0 Å². The van der Waals surface area contributed by atoms with E-state index in [2.05, 4.69) is 20.6 Å². The Kier molecular flexibility index (Phi) is 15.8. The molecule has 2 unspecified atom stereocenters. The van der Waals surface area contributed by atoms with Gasteiger partial charge in [0.25, 0.3) is 0 Å². The molecule has 2 atom stereocenters. The molecular weight excluding hydrogens is 507 g/mol. The van der Waals surface area contributed by atoms with Crippen molar-refractivity contribution < 1.29 is 45.9 Å². The van der Waals surface area contributed by atoms with Crippen LogP contribution in [0.15, 0.2) is 70.6 Å². The number of nitrogens with zero attached hydrogens (tertiary/aromatic N) is 4. The van der Waals surface area contributed by atoms with E-state index in [0.717, 1.165) is 37.3 Å². The minimum Gasteiger partial charge on any atom is -0.655 e. The minimum absolute atomic E-state index is 0. The molecule has 2 saturated heterocycles. The van der Waals surface area contributed by atoms with Crippen LogP contribution in [-0.2, 0) is 17.1 Å². The van der Waals surface area contributed by atoms with E-state index in [9.17, 15) is 0 Å². The fraction of sp³-hybridized carbons (Fsp3) is 0.417. The van der Waals surface area contributed by atoms with E-state index in [0.29, 0.717) is 12.1 Å². The molecule has 2 fully saturated rings. The summed E-state index contributed by atoms with van der Waals surface area (Å²) in [6, 6.07) is 20.8. The second kappa shape index (κ2) is 17.7. The van der Waals surface area contributed by atoms with Gasteiger partial charge in [-0.3, -0.25) is 9.98 Å². The van der Waals surface area contributed by atoms with Crippen LogP contribution in [0.25, 0.3) is 10.6 Å². The van der Waals surface area contributed by atoms with Gasteiger partial charge in [0.05, 0.1) is 26.3 Å². The quantitative estimate of drug-likeness (QED) is 0.471. The fourth-order valence-corrected chi connectivity index (χ4v) is 3.24. The number of piperidine rings is 2. The Labute approximate surface area is 214 Å². The fourth-order valence-electron chi connectivity index (χ4n) is 3.24. The molecule has 0 amide bonds. The van der Waals surface area contributed by atoms with Crippen molar-refractivity contribution in [2.75, 3.05) is 13.1 Å². The molecule has 8 nitrogen and oxygen atoms in total. The molecule has 0 aliphatic carbocycles. The normalized spacial score (nSPS) is 20.5. The Hall–Kier alpha value is -1.65. The van der Waals surface area contributed by atoms with Crippen LogP contribution in [0.1, 0.15) is 38.5 Å². The standard InChI is InChI=1S/2C12H15N2.ClHO4.Cu/c2*1-2-6-11(7-3-1)14-10-12-8-4-5-9-13-12;2-1(3,4)5;/h2*1-3,6-7,10,12H,4-5,8-9H2;(H,2,3,4,5);/q2*-1;;+2. The first-order chi connectivity index (χ1) is 15.9. The summed E-state index contributed by atoms with van der Waals surface area (Å²) in [6.07, 6.45) is 11.4. The van der Waals surface area contributed by atoms with Crippen molar-refractivity contribution in [3.8, 4) is 0 Å². The maximum atomic E-state index is 8.60. The monoisotopic (exact) mass is 537 g/mol. The Morgan fingerprint density at radius 3 is 1.35 bits per heavy atom. The van der Waals surface area contributed by atoms with Crippen molar-refractivity contribution in [1.82, 2.24) is 0 Å². The van der Waals surface area contributed by atoms with E-state index in [1.807, 2.05) is 73.1 Å². The summed E-state index contributed by atoms with van der Waals surface area (Å²) in [4.78, 5) is 8.82. The van der Waals surface area contributed by atoms with E-state index in [1.165, 1.54) is 25.7 Å². The Balaban J connectivity index is 0.000000278. The molecule has 189 valence electrons. The van der Waals surface area contributed by atoms with Gasteiger partial charge in [-0.15, -0.1) is 13.1 Å². The van der Waals surface area contributed by atoms with Crippen molar-refractivity contribution in [3.05, 3.63) is 71.3 Å². The summed E-state index contributed by atoms with van der Waals surface area (Å²) in [6.45, 7) is 2.01. The molecule has 0 aromatic heterocycles. The van der Waals surface area contributed by atoms with Crippen molar-refractivity contribution in [2.24, 2.45) is 9.98 Å². The number of hydrogen-bond acceptors (Lipinski definition) is 6. The zero-order valence-electron chi connectivity index (χ0n) is 18.9. The number of hydrogen-bond donors (Lipinski definition) is 1. The van der Waals surface area contributed by atoms with Gasteiger partial charge in [0.15, 0.2) is 0 Å². The van der Waals surface area contributed by atoms with Gasteiger partial charge in [-0.25, -0.2) is 0 Å². The Morgan fingerprint density at radius 1 is 0.706 bits per heavy atom. The van der Waals surface area contributed by atoms with Crippen molar-refractivity contribution in [2.45, 2.75) is 50.6 Å². The third-order valence-corrected chi connectivity index (χ3v) is 4.85. The molecular formula is C24H31ClCuN4O4. The molecule has 4 rings (SSSR count). The number of halogens is 1. The smallest absolute Gasteiger partial charge is 0.655 e. The molecule has 2 aliphatic rings. The van der Waals surface area contributed by atoms with Crippen LogP contribution < -0.4 is 14.0 Å². The van der Waals surface area contributed by atoms with Crippen molar-refractivity contribution >= 4 is 23.8 Å². The zero-order valence-corrected chi connectivity index (χ0v) is 20.6. The van der Waals surface area contributed by atoms with Gasteiger partial charge < -0.3 is 10.6 Å². The van der Waals surface area contributed by atoms with Crippen molar-refractivity contribution in [3.63, 3.8) is 0 Å². The summed E-state index contributed by atoms with van der Waals surface area (Å²) < 4.78 is 32.7. The van der Waals surface area contributed by atoms with Crippen LogP contribution in [0.4, 0.5) is 11.4 Å². The van der Waals surface area contributed by atoms with Gasteiger partial charge >= 0.3 is 17.1 Å². The van der Waals surface area contributed by atoms with Crippen LogP contribution in [0, 0.1) is 10.2 Å². The summed E-state index contributed by atoms with van der Waals surface area (Å²) in [5.41, 5.74) is 2.04. The third kappa shape index (κ3) is 16.1. The first-order valence-corrected chi connectivity index (χ1v) is 12.3. The number of para-hydroxylation sites is 2. The van der Waals surface area contributed by atoms with Crippen LogP contribution in [0.5, 0.6) is 0 Å². The average molecular weight is 539 g/mol. The van der Waals surface area contributed by atoms with E-state index < -0.39 is 10.2 Å². The largest absolute Gasteiger partial charge is 2.00 e. The molecule has 34 heavy (non-hydrogen) atoms. The van der Waals surface area contributed by atoms with E-state index in [4.69, 9.17) is 18.6 Å². The summed E-state index contributed by atoms with van der Waals surface area (Å²) in [7, 11) is -4.69. The second-order valence-electron chi connectivity index (χ2n) is 7.56. The second-order valence-corrected chi connectivity index (χ2v) is 8.35. The van der Waals surface area contributed by atoms with Gasteiger partial charge in [-0.2, -0.15) is 14.0 Å². The average Bonchev–Trinajstić information content (AvgIpc) is 2.84. The van der Waals surface area contributed by atoms with Crippen LogP contribution in [-0.4, -0.2) is 42.3 Å². The number of benzene rings is 2. The molecule has 1 radical (unpaired) electrons.